The molecule has 7 heteroatoms. The van der Waals surface area contributed by atoms with Gasteiger partial charge < -0.3 is 9.64 Å². The average molecular weight is 420 g/mol. The quantitative estimate of drug-likeness (QED) is 0.418. The third-order valence-corrected chi connectivity index (χ3v) is 5.28. The van der Waals surface area contributed by atoms with Gasteiger partial charge in [-0.25, -0.2) is 9.78 Å². The van der Waals surface area contributed by atoms with Gasteiger partial charge in [-0.3, -0.25) is 4.79 Å². The van der Waals surface area contributed by atoms with E-state index in [-0.39, 0.29) is 18.9 Å². The lowest BCUT2D eigenvalue weighted by atomic mass is 10.1. The van der Waals surface area contributed by atoms with Gasteiger partial charge in [0, 0.05) is 18.3 Å². The molecule has 0 aliphatic heterocycles. The number of aryl methyl sites for hydroxylation is 2. The van der Waals surface area contributed by atoms with E-state index in [1.165, 1.54) is 22.3 Å². The normalized spacial score (nSPS) is 10.8. The van der Waals surface area contributed by atoms with Crippen molar-refractivity contribution in [3.05, 3.63) is 64.7 Å². The molecular weight excluding hydrogens is 398 g/mol. The van der Waals surface area contributed by atoms with Crippen LogP contribution in [-0.4, -0.2) is 30.0 Å². The Morgan fingerprint density at radius 3 is 2.63 bits per heavy atom. The summed E-state index contributed by atoms with van der Waals surface area (Å²) in [5.74, 6) is -1.000. The standard InChI is InChI=1S/C23H21N3O3S/c1-16-12-17(2)14-18(13-16)26(11-5-10-24)22(27)15-29-23(28)9-8-21-25-19-6-3-4-7-20(19)30-21/h3-4,6-9,12-14H,5,11,15H2,1-2H3/b9-8+. The van der Waals surface area contributed by atoms with Crippen LogP contribution in [0.5, 0.6) is 0 Å². The van der Waals surface area contributed by atoms with E-state index in [1.807, 2.05) is 62.4 Å². The van der Waals surface area contributed by atoms with E-state index < -0.39 is 12.6 Å². The molecular formula is C23H21N3O3S. The largest absolute Gasteiger partial charge is 0.452 e. The van der Waals surface area contributed by atoms with Gasteiger partial charge in [-0.15, -0.1) is 11.3 Å². The van der Waals surface area contributed by atoms with Crippen LogP contribution in [0.2, 0.25) is 0 Å². The number of nitrogens with zero attached hydrogens (tertiary/aromatic N) is 3. The summed E-state index contributed by atoms with van der Waals surface area (Å²) in [5.41, 5.74) is 3.58. The first-order chi connectivity index (χ1) is 14.5. The summed E-state index contributed by atoms with van der Waals surface area (Å²) in [4.78, 5) is 30.6. The van der Waals surface area contributed by atoms with Gasteiger partial charge in [0.25, 0.3) is 5.91 Å². The Morgan fingerprint density at radius 1 is 1.20 bits per heavy atom. The fourth-order valence-corrected chi connectivity index (χ4v) is 3.90. The minimum Gasteiger partial charge on any atom is -0.452 e. The van der Waals surface area contributed by atoms with Gasteiger partial charge in [-0.05, 0) is 55.3 Å². The molecule has 0 radical (unpaired) electrons. The zero-order valence-electron chi connectivity index (χ0n) is 16.8. The van der Waals surface area contributed by atoms with Crippen LogP contribution in [-0.2, 0) is 14.3 Å². The maximum Gasteiger partial charge on any atom is 0.331 e. The summed E-state index contributed by atoms with van der Waals surface area (Å²) in [6, 6.07) is 15.5. The molecule has 0 unspecified atom stereocenters. The Hall–Kier alpha value is -3.50. The van der Waals surface area contributed by atoms with Crippen LogP contribution in [0, 0.1) is 25.2 Å². The van der Waals surface area contributed by atoms with Crippen molar-refractivity contribution < 1.29 is 14.3 Å². The van der Waals surface area contributed by atoms with Crippen LogP contribution in [0.15, 0.2) is 48.5 Å². The number of hydrogen-bond acceptors (Lipinski definition) is 6. The lowest BCUT2D eigenvalue weighted by Crippen LogP contribution is -2.35. The number of fused-ring (bicyclic) bond motifs is 1. The Labute approximate surface area is 179 Å². The van der Waals surface area contributed by atoms with Gasteiger partial charge in [0.05, 0.1) is 22.7 Å². The number of esters is 1. The molecule has 3 aromatic rings. The number of thiazole rings is 1. The topological polar surface area (TPSA) is 83.3 Å². The molecule has 1 aromatic heterocycles. The Morgan fingerprint density at radius 2 is 1.93 bits per heavy atom. The van der Waals surface area contributed by atoms with Crippen molar-refractivity contribution in [1.29, 1.82) is 5.26 Å². The van der Waals surface area contributed by atoms with Crippen LogP contribution in [0.3, 0.4) is 0 Å². The Bertz CT molecular complexity index is 1090. The molecule has 2 aromatic carbocycles. The zero-order valence-corrected chi connectivity index (χ0v) is 17.6. The van der Waals surface area contributed by atoms with Crippen LogP contribution in [0.25, 0.3) is 16.3 Å². The van der Waals surface area contributed by atoms with Gasteiger partial charge in [0.1, 0.15) is 5.01 Å². The summed E-state index contributed by atoms with van der Waals surface area (Å²) < 4.78 is 6.15. The highest BCUT2D eigenvalue weighted by atomic mass is 32.1. The summed E-state index contributed by atoms with van der Waals surface area (Å²) in [5, 5.41) is 9.60. The fraction of sp³-hybridized carbons (Fsp3) is 0.217. The first-order valence-corrected chi connectivity index (χ1v) is 10.2. The van der Waals surface area contributed by atoms with Gasteiger partial charge >= 0.3 is 5.97 Å². The number of ether oxygens (including phenoxy) is 1. The molecule has 0 saturated heterocycles. The smallest absolute Gasteiger partial charge is 0.331 e. The third kappa shape index (κ3) is 5.52. The van der Waals surface area contributed by atoms with Gasteiger partial charge in [0.15, 0.2) is 6.61 Å². The van der Waals surface area contributed by atoms with E-state index in [4.69, 9.17) is 10.00 Å². The van der Waals surface area contributed by atoms with Crippen molar-refractivity contribution in [3.63, 3.8) is 0 Å². The number of benzene rings is 2. The molecule has 1 heterocycles. The van der Waals surface area contributed by atoms with E-state index >= 15 is 0 Å². The van der Waals surface area contributed by atoms with Gasteiger partial charge in [-0.2, -0.15) is 5.26 Å². The first kappa shape index (κ1) is 21.2. The molecule has 0 spiro atoms. The number of carbonyl (C=O) groups excluding carboxylic acids is 2. The molecule has 1 amide bonds. The van der Waals surface area contributed by atoms with E-state index in [0.29, 0.717) is 10.7 Å². The molecule has 0 atom stereocenters. The summed E-state index contributed by atoms with van der Waals surface area (Å²) >= 11 is 1.47. The molecule has 152 valence electrons. The summed E-state index contributed by atoms with van der Waals surface area (Å²) in [7, 11) is 0. The van der Waals surface area contributed by atoms with Crippen LogP contribution in [0.1, 0.15) is 22.6 Å². The van der Waals surface area contributed by atoms with Crippen molar-refractivity contribution in [2.45, 2.75) is 20.3 Å². The molecule has 0 bridgehead atoms. The second kappa shape index (κ2) is 9.81. The highest BCUT2D eigenvalue weighted by Gasteiger charge is 2.17. The maximum absolute atomic E-state index is 12.7. The van der Waals surface area contributed by atoms with Crippen molar-refractivity contribution >= 4 is 45.2 Å². The SMILES string of the molecule is Cc1cc(C)cc(N(CCC#N)C(=O)COC(=O)/C=C/c2nc3ccccc3s2)c1. The van der Waals surface area contributed by atoms with Crippen molar-refractivity contribution in [2.24, 2.45) is 0 Å². The number of para-hydroxylation sites is 1. The highest BCUT2D eigenvalue weighted by molar-refractivity contribution is 7.19. The van der Waals surface area contributed by atoms with E-state index in [2.05, 4.69) is 4.98 Å². The molecule has 0 N–H and O–H groups in total. The van der Waals surface area contributed by atoms with Gasteiger partial charge in [-0.1, -0.05) is 18.2 Å². The Balaban J connectivity index is 1.63. The van der Waals surface area contributed by atoms with E-state index in [1.54, 1.807) is 6.08 Å². The lowest BCUT2D eigenvalue weighted by Gasteiger charge is -2.22. The van der Waals surface area contributed by atoms with Crippen LogP contribution in [0.4, 0.5) is 5.69 Å². The monoisotopic (exact) mass is 419 g/mol. The molecule has 30 heavy (non-hydrogen) atoms. The maximum atomic E-state index is 12.7. The van der Waals surface area contributed by atoms with Crippen LogP contribution < -0.4 is 4.90 Å². The van der Waals surface area contributed by atoms with E-state index in [0.717, 1.165) is 21.3 Å². The molecule has 3 rings (SSSR count). The second-order valence-electron chi connectivity index (χ2n) is 6.76. The number of anilines is 1. The molecule has 0 aliphatic carbocycles. The predicted molar refractivity (Wildman–Crippen MR) is 118 cm³/mol. The van der Waals surface area contributed by atoms with Crippen LogP contribution >= 0.6 is 11.3 Å². The predicted octanol–water partition coefficient (Wildman–Crippen LogP) is 4.42. The number of hydrogen-bond donors (Lipinski definition) is 0. The average Bonchev–Trinajstić information content (AvgIpc) is 3.13. The number of aromatic nitrogens is 1. The lowest BCUT2D eigenvalue weighted by molar-refractivity contribution is -0.142. The number of amides is 1. The second-order valence-corrected chi connectivity index (χ2v) is 7.82. The molecule has 0 fully saturated rings. The van der Waals surface area contributed by atoms with Crippen molar-refractivity contribution in [1.82, 2.24) is 4.98 Å². The minimum absolute atomic E-state index is 0.185. The van der Waals surface area contributed by atoms with Crippen molar-refractivity contribution in [3.8, 4) is 6.07 Å². The van der Waals surface area contributed by atoms with Gasteiger partial charge in [0.2, 0.25) is 0 Å². The third-order valence-electron chi connectivity index (χ3n) is 4.28. The Kier molecular flexibility index (Phi) is 6.94. The minimum atomic E-state index is -0.622. The zero-order chi connectivity index (χ0) is 21.5. The number of rotatable bonds is 7. The number of carbonyl (C=O) groups is 2. The summed E-state index contributed by atoms with van der Waals surface area (Å²) in [6.45, 7) is 3.71. The fourth-order valence-electron chi connectivity index (χ4n) is 3.03. The number of nitriles is 1. The van der Waals surface area contributed by atoms with Crippen molar-refractivity contribution in [2.75, 3.05) is 18.1 Å². The summed E-state index contributed by atoms with van der Waals surface area (Å²) in [6.07, 6.45) is 3.03. The first-order valence-electron chi connectivity index (χ1n) is 9.42. The molecule has 0 saturated carbocycles. The molecule has 0 aliphatic rings. The van der Waals surface area contributed by atoms with E-state index in [9.17, 15) is 9.59 Å². The molecule has 6 nitrogen and oxygen atoms in total. The highest BCUT2D eigenvalue weighted by Crippen LogP contribution is 2.22.